The van der Waals surface area contributed by atoms with Crippen LogP contribution in [0.15, 0.2) is 24.7 Å². The summed E-state index contributed by atoms with van der Waals surface area (Å²) in [5.74, 6) is 0.931. The van der Waals surface area contributed by atoms with Crippen molar-refractivity contribution in [1.29, 1.82) is 0 Å². The molecule has 0 atom stereocenters. The van der Waals surface area contributed by atoms with Crippen LogP contribution in [0.1, 0.15) is 28.2 Å². The zero-order chi connectivity index (χ0) is 20.6. The number of rotatable bonds is 3. The fourth-order valence-electron chi connectivity index (χ4n) is 3.79. The van der Waals surface area contributed by atoms with Crippen LogP contribution < -0.4 is 9.21 Å². The molecule has 2 aliphatic rings. The van der Waals surface area contributed by atoms with E-state index >= 15 is 0 Å². The van der Waals surface area contributed by atoms with Crippen LogP contribution >= 0.6 is 0 Å². The van der Waals surface area contributed by atoms with Gasteiger partial charge in [-0.3, -0.25) is 9.10 Å². The second-order valence-corrected chi connectivity index (χ2v) is 9.45. The highest BCUT2D eigenvalue weighted by molar-refractivity contribution is 7.93. The van der Waals surface area contributed by atoms with E-state index < -0.39 is 10.0 Å². The number of carbonyl (C=O) groups excluding carboxylic acids is 1. The minimum absolute atomic E-state index is 0.0865. The standard InChI is InChI=1S/C19H24N6O3S/c1-14-10-15(2)18(22-11-14)23-5-7-24(8-6-23)19(26)17-20-12-16(13-21-17)25-4-3-9-29(25,27)28/h10-13H,3-9H2,1-2H3. The molecule has 1 amide bonds. The van der Waals surface area contributed by atoms with Gasteiger partial charge < -0.3 is 9.80 Å². The maximum Gasteiger partial charge on any atom is 0.291 e. The Morgan fingerprint density at radius 2 is 1.66 bits per heavy atom. The van der Waals surface area contributed by atoms with Gasteiger partial charge in [0.2, 0.25) is 15.8 Å². The lowest BCUT2D eigenvalue weighted by Crippen LogP contribution is -2.49. The summed E-state index contributed by atoms with van der Waals surface area (Å²) in [6, 6.07) is 2.11. The Morgan fingerprint density at radius 1 is 0.966 bits per heavy atom. The second kappa shape index (κ2) is 7.58. The molecule has 0 radical (unpaired) electrons. The average molecular weight is 417 g/mol. The first kappa shape index (κ1) is 19.6. The molecule has 0 N–H and O–H groups in total. The molecule has 2 saturated heterocycles. The van der Waals surface area contributed by atoms with Crippen molar-refractivity contribution in [2.24, 2.45) is 0 Å². The predicted octanol–water partition coefficient (Wildman–Crippen LogP) is 0.991. The molecular weight excluding hydrogens is 392 g/mol. The molecule has 154 valence electrons. The Morgan fingerprint density at radius 3 is 2.24 bits per heavy atom. The van der Waals surface area contributed by atoms with Crippen LogP contribution in [0.25, 0.3) is 0 Å². The second-order valence-electron chi connectivity index (χ2n) is 7.44. The molecule has 9 nitrogen and oxygen atoms in total. The first-order valence-electron chi connectivity index (χ1n) is 9.65. The van der Waals surface area contributed by atoms with Crippen molar-refractivity contribution in [2.45, 2.75) is 20.3 Å². The van der Waals surface area contributed by atoms with Gasteiger partial charge in [0.25, 0.3) is 5.91 Å². The maximum atomic E-state index is 12.7. The normalized spacial score (nSPS) is 18.9. The summed E-state index contributed by atoms with van der Waals surface area (Å²) in [5.41, 5.74) is 2.66. The number of nitrogens with zero attached hydrogens (tertiary/aromatic N) is 6. The maximum absolute atomic E-state index is 12.7. The summed E-state index contributed by atoms with van der Waals surface area (Å²) in [6.45, 7) is 6.97. The number of aryl methyl sites for hydroxylation is 2. The van der Waals surface area contributed by atoms with Gasteiger partial charge in [-0.15, -0.1) is 0 Å². The molecular formula is C19H24N6O3S. The smallest absolute Gasteiger partial charge is 0.291 e. The molecule has 4 rings (SSSR count). The van der Waals surface area contributed by atoms with Gasteiger partial charge in [0.05, 0.1) is 23.8 Å². The number of amides is 1. The molecule has 4 heterocycles. The van der Waals surface area contributed by atoms with Crippen LogP contribution in [0.5, 0.6) is 0 Å². The molecule has 0 bridgehead atoms. The van der Waals surface area contributed by atoms with E-state index in [1.54, 1.807) is 4.90 Å². The lowest BCUT2D eigenvalue weighted by molar-refractivity contribution is 0.0734. The van der Waals surface area contributed by atoms with E-state index in [9.17, 15) is 13.2 Å². The van der Waals surface area contributed by atoms with Gasteiger partial charge in [-0.05, 0) is 31.4 Å². The first-order chi connectivity index (χ1) is 13.8. The Balaban J connectivity index is 1.41. The third-order valence-electron chi connectivity index (χ3n) is 5.27. The van der Waals surface area contributed by atoms with Crippen LogP contribution in [-0.4, -0.2) is 72.7 Å². The van der Waals surface area contributed by atoms with Crippen molar-refractivity contribution in [3.63, 3.8) is 0 Å². The summed E-state index contributed by atoms with van der Waals surface area (Å²) in [7, 11) is -3.29. The molecule has 2 aliphatic heterocycles. The monoisotopic (exact) mass is 416 g/mol. The Kier molecular flexibility index (Phi) is 5.12. The van der Waals surface area contributed by atoms with Crippen molar-refractivity contribution < 1.29 is 13.2 Å². The minimum atomic E-state index is -3.29. The third kappa shape index (κ3) is 3.89. The van der Waals surface area contributed by atoms with Crippen LogP contribution in [0.4, 0.5) is 11.5 Å². The highest BCUT2D eigenvalue weighted by Gasteiger charge is 2.30. The number of hydrogen-bond acceptors (Lipinski definition) is 7. The summed E-state index contributed by atoms with van der Waals surface area (Å²) < 4.78 is 25.3. The van der Waals surface area contributed by atoms with Gasteiger partial charge in [-0.1, -0.05) is 6.07 Å². The Labute approximate surface area is 170 Å². The number of piperazine rings is 1. The number of pyridine rings is 1. The topological polar surface area (TPSA) is 99.6 Å². The van der Waals surface area contributed by atoms with Crippen molar-refractivity contribution in [3.05, 3.63) is 41.6 Å². The van der Waals surface area contributed by atoms with Gasteiger partial charge in [0, 0.05) is 38.9 Å². The summed E-state index contributed by atoms with van der Waals surface area (Å²) >= 11 is 0. The molecule has 0 saturated carbocycles. The van der Waals surface area contributed by atoms with E-state index in [2.05, 4.69) is 25.9 Å². The van der Waals surface area contributed by atoms with E-state index in [1.807, 2.05) is 20.0 Å². The fourth-order valence-corrected chi connectivity index (χ4v) is 5.33. The third-order valence-corrected chi connectivity index (χ3v) is 7.14. The van der Waals surface area contributed by atoms with Crippen molar-refractivity contribution in [1.82, 2.24) is 19.9 Å². The van der Waals surface area contributed by atoms with Crippen LogP contribution in [-0.2, 0) is 10.0 Å². The highest BCUT2D eigenvalue weighted by atomic mass is 32.2. The minimum Gasteiger partial charge on any atom is -0.353 e. The van der Waals surface area contributed by atoms with Gasteiger partial charge >= 0.3 is 0 Å². The van der Waals surface area contributed by atoms with Crippen molar-refractivity contribution in [2.75, 3.05) is 47.7 Å². The van der Waals surface area contributed by atoms with Crippen molar-refractivity contribution in [3.8, 4) is 0 Å². The summed E-state index contributed by atoms with van der Waals surface area (Å²) in [6.07, 6.45) is 5.27. The fraction of sp³-hybridized carbons (Fsp3) is 0.474. The number of anilines is 2. The number of carbonyl (C=O) groups is 1. The average Bonchev–Trinajstić information content (AvgIpc) is 3.07. The molecule has 2 aromatic heterocycles. The molecule has 10 heteroatoms. The van der Waals surface area contributed by atoms with Gasteiger partial charge in [-0.25, -0.2) is 23.4 Å². The number of hydrogen-bond donors (Lipinski definition) is 0. The first-order valence-corrected chi connectivity index (χ1v) is 11.3. The van der Waals surface area contributed by atoms with E-state index in [4.69, 9.17) is 0 Å². The van der Waals surface area contributed by atoms with Crippen LogP contribution in [0, 0.1) is 13.8 Å². The van der Waals surface area contributed by atoms with Gasteiger partial charge in [0.15, 0.2) is 0 Å². The molecule has 0 aromatic carbocycles. The molecule has 0 aliphatic carbocycles. The molecule has 29 heavy (non-hydrogen) atoms. The largest absolute Gasteiger partial charge is 0.353 e. The lowest BCUT2D eigenvalue weighted by atomic mass is 10.2. The van der Waals surface area contributed by atoms with Gasteiger partial charge in [0.1, 0.15) is 5.82 Å². The molecule has 0 unspecified atom stereocenters. The van der Waals surface area contributed by atoms with Crippen LogP contribution in [0.3, 0.4) is 0 Å². The van der Waals surface area contributed by atoms with E-state index in [-0.39, 0.29) is 17.5 Å². The highest BCUT2D eigenvalue weighted by Crippen LogP contribution is 2.23. The number of aromatic nitrogens is 3. The van der Waals surface area contributed by atoms with Crippen LogP contribution in [0.2, 0.25) is 0 Å². The number of sulfonamides is 1. The van der Waals surface area contributed by atoms with E-state index in [0.717, 1.165) is 16.9 Å². The molecule has 0 spiro atoms. The summed E-state index contributed by atoms with van der Waals surface area (Å²) in [5, 5.41) is 0. The lowest BCUT2D eigenvalue weighted by Gasteiger charge is -2.35. The Bertz CT molecular complexity index is 1020. The zero-order valence-electron chi connectivity index (χ0n) is 16.6. The predicted molar refractivity (Wildman–Crippen MR) is 110 cm³/mol. The quantitative estimate of drug-likeness (QED) is 0.736. The van der Waals surface area contributed by atoms with E-state index in [0.29, 0.717) is 44.8 Å². The zero-order valence-corrected chi connectivity index (χ0v) is 17.4. The molecule has 2 aromatic rings. The van der Waals surface area contributed by atoms with Crippen molar-refractivity contribution >= 4 is 27.4 Å². The SMILES string of the molecule is Cc1cnc(N2CCN(C(=O)c3ncc(N4CCCS4(=O)=O)cn3)CC2)c(C)c1. The Hall–Kier alpha value is -2.75. The summed E-state index contributed by atoms with van der Waals surface area (Å²) in [4.78, 5) is 29.4. The van der Waals surface area contributed by atoms with Gasteiger partial charge in [-0.2, -0.15) is 0 Å². The molecule has 2 fully saturated rings. The van der Waals surface area contributed by atoms with E-state index in [1.165, 1.54) is 16.7 Å².